The second kappa shape index (κ2) is 9.84. The van der Waals surface area contributed by atoms with Crippen molar-refractivity contribution in [3.8, 4) is 0 Å². The fourth-order valence-corrected chi connectivity index (χ4v) is 3.41. The number of carbonyl (C=O) groups excluding carboxylic acids is 2. The molecule has 3 aromatic carbocycles. The van der Waals surface area contributed by atoms with Crippen LogP contribution in [-0.2, 0) is 27.2 Å². The van der Waals surface area contributed by atoms with E-state index in [-0.39, 0.29) is 18.4 Å². The van der Waals surface area contributed by atoms with Gasteiger partial charge in [-0.25, -0.2) is 9.18 Å². The number of nitrogens with one attached hydrogen (secondary N) is 2. The number of carboxylic acid groups (broad SMARTS) is 1. The molecule has 0 spiro atoms. The van der Waals surface area contributed by atoms with Gasteiger partial charge in [0.1, 0.15) is 17.9 Å². The number of rotatable bonds is 8. The van der Waals surface area contributed by atoms with Gasteiger partial charge in [-0.2, -0.15) is 0 Å². The minimum atomic E-state index is -1.20. The van der Waals surface area contributed by atoms with Gasteiger partial charge in [-0.1, -0.05) is 60.7 Å². The van der Waals surface area contributed by atoms with Gasteiger partial charge in [-0.05, 0) is 28.0 Å². The molecule has 2 atom stereocenters. The molecule has 6 nitrogen and oxygen atoms in total. The number of amides is 2. The van der Waals surface area contributed by atoms with Crippen molar-refractivity contribution in [2.75, 3.05) is 0 Å². The van der Waals surface area contributed by atoms with Gasteiger partial charge in [0.05, 0.1) is 0 Å². The molecule has 0 fully saturated rings. The van der Waals surface area contributed by atoms with Crippen molar-refractivity contribution in [3.63, 3.8) is 0 Å². The largest absolute Gasteiger partial charge is 0.480 e. The maximum absolute atomic E-state index is 14.0. The molecule has 3 N–H and O–H groups in total. The molecule has 0 aliphatic carbocycles. The normalized spacial score (nSPS) is 12.7. The van der Waals surface area contributed by atoms with E-state index in [0.29, 0.717) is 0 Å². The average Bonchev–Trinajstić information content (AvgIpc) is 2.73. The van der Waals surface area contributed by atoms with E-state index in [9.17, 15) is 23.9 Å². The molecule has 0 radical (unpaired) electrons. The lowest BCUT2D eigenvalue weighted by Gasteiger charge is -2.21. The molecule has 0 aromatic heterocycles. The molecule has 160 valence electrons. The summed E-state index contributed by atoms with van der Waals surface area (Å²) in [6.45, 7) is 1.24. The van der Waals surface area contributed by atoms with Gasteiger partial charge in [0, 0.05) is 19.8 Å². The second-order valence-corrected chi connectivity index (χ2v) is 7.33. The molecule has 0 saturated heterocycles. The molecule has 31 heavy (non-hydrogen) atoms. The summed E-state index contributed by atoms with van der Waals surface area (Å²) < 4.78 is 14.0. The Labute approximate surface area is 179 Å². The maximum atomic E-state index is 14.0. The minimum absolute atomic E-state index is 0.0679. The van der Waals surface area contributed by atoms with Crippen LogP contribution in [0.5, 0.6) is 0 Å². The highest BCUT2D eigenvalue weighted by Crippen LogP contribution is 2.17. The predicted molar refractivity (Wildman–Crippen MR) is 115 cm³/mol. The zero-order chi connectivity index (χ0) is 22.4. The standard InChI is InChI=1S/C24H23FN2O4/c1-15(28)26-21(14-19-8-4-5-9-20(19)25)23(29)27-22(24(30)31)13-16-10-11-17-6-2-3-7-18(17)12-16/h2-12,21-22H,13-14H2,1H3,(H,26,28)(H,27,29)(H,30,31)/t21-,22+/m0/s1. The molecular weight excluding hydrogens is 399 g/mol. The Balaban J connectivity index is 1.76. The van der Waals surface area contributed by atoms with E-state index in [4.69, 9.17) is 0 Å². The Kier molecular flexibility index (Phi) is 6.97. The Morgan fingerprint density at radius 2 is 1.55 bits per heavy atom. The lowest BCUT2D eigenvalue weighted by atomic mass is 10.0. The molecule has 0 heterocycles. The minimum Gasteiger partial charge on any atom is -0.480 e. The molecular formula is C24H23FN2O4. The van der Waals surface area contributed by atoms with Gasteiger partial charge in [0.15, 0.2) is 0 Å². The third-order valence-electron chi connectivity index (χ3n) is 4.94. The predicted octanol–water partition coefficient (Wildman–Crippen LogP) is 2.84. The van der Waals surface area contributed by atoms with Crippen LogP contribution in [0.15, 0.2) is 66.7 Å². The van der Waals surface area contributed by atoms with Crippen LogP contribution in [0.3, 0.4) is 0 Å². The van der Waals surface area contributed by atoms with Crippen molar-refractivity contribution >= 4 is 28.6 Å². The molecule has 3 aromatic rings. The summed E-state index contributed by atoms with van der Waals surface area (Å²) in [5.41, 5.74) is 0.995. The third-order valence-corrected chi connectivity index (χ3v) is 4.94. The first kappa shape index (κ1) is 22.0. The van der Waals surface area contributed by atoms with Gasteiger partial charge in [-0.3, -0.25) is 9.59 Å². The summed E-state index contributed by atoms with van der Waals surface area (Å²) in [7, 11) is 0. The molecule has 7 heteroatoms. The SMILES string of the molecule is CC(=O)N[C@@H](Cc1ccccc1F)C(=O)N[C@H](Cc1ccc2ccccc2c1)C(=O)O. The monoisotopic (exact) mass is 422 g/mol. The topological polar surface area (TPSA) is 95.5 Å². The van der Waals surface area contributed by atoms with E-state index in [1.807, 2.05) is 42.5 Å². The van der Waals surface area contributed by atoms with Crippen LogP contribution in [0, 0.1) is 5.82 Å². The zero-order valence-electron chi connectivity index (χ0n) is 17.0. The van der Waals surface area contributed by atoms with Gasteiger partial charge >= 0.3 is 5.97 Å². The molecule has 2 amide bonds. The van der Waals surface area contributed by atoms with Crippen LogP contribution in [-0.4, -0.2) is 35.0 Å². The lowest BCUT2D eigenvalue weighted by Crippen LogP contribution is -2.52. The quantitative estimate of drug-likeness (QED) is 0.520. The molecule has 0 bridgehead atoms. The number of halogens is 1. The van der Waals surface area contributed by atoms with Crippen molar-refractivity contribution < 1.29 is 23.9 Å². The summed E-state index contributed by atoms with van der Waals surface area (Å²) in [4.78, 5) is 36.2. The Hall–Kier alpha value is -3.74. The van der Waals surface area contributed by atoms with Crippen molar-refractivity contribution in [3.05, 3.63) is 83.7 Å². The number of hydrogen-bond donors (Lipinski definition) is 3. The van der Waals surface area contributed by atoms with E-state index in [1.54, 1.807) is 6.07 Å². The van der Waals surface area contributed by atoms with Gasteiger partial charge in [0.2, 0.25) is 11.8 Å². The Morgan fingerprint density at radius 1 is 0.871 bits per heavy atom. The van der Waals surface area contributed by atoms with Crippen LogP contribution in [0.25, 0.3) is 10.8 Å². The number of aliphatic carboxylic acids is 1. The molecule has 0 unspecified atom stereocenters. The summed E-state index contributed by atoms with van der Waals surface area (Å²) in [5, 5.41) is 16.6. The van der Waals surface area contributed by atoms with Crippen LogP contribution in [0.4, 0.5) is 4.39 Å². The molecule has 0 saturated carbocycles. The highest BCUT2D eigenvalue weighted by Gasteiger charge is 2.27. The van der Waals surface area contributed by atoms with Crippen LogP contribution < -0.4 is 10.6 Å². The fraction of sp³-hybridized carbons (Fsp3) is 0.208. The highest BCUT2D eigenvalue weighted by molar-refractivity contribution is 5.90. The third kappa shape index (κ3) is 5.88. The average molecular weight is 422 g/mol. The number of carboxylic acids is 1. The van der Waals surface area contributed by atoms with E-state index >= 15 is 0 Å². The Morgan fingerprint density at radius 3 is 2.23 bits per heavy atom. The van der Waals surface area contributed by atoms with Crippen LogP contribution >= 0.6 is 0 Å². The van der Waals surface area contributed by atoms with Crippen molar-refractivity contribution in [1.82, 2.24) is 10.6 Å². The van der Waals surface area contributed by atoms with E-state index in [0.717, 1.165) is 16.3 Å². The van der Waals surface area contributed by atoms with Crippen molar-refractivity contribution in [1.29, 1.82) is 0 Å². The van der Waals surface area contributed by atoms with E-state index < -0.39 is 35.7 Å². The highest BCUT2D eigenvalue weighted by atomic mass is 19.1. The van der Waals surface area contributed by atoms with Crippen LogP contribution in [0.2, 0.25) is 0 Å². The van der Waals surface area contributed by atoms with E-state index in [2.05, 4.69) is 10.6 Å². The maximum Gasteiger partial charge on any atom is 0.326 e. The molecule has 3 rings (SSSR count). The first-order chi connectivity index (χ1) is 14.8. The van der Waals surface area contributed by atoms with Crippen molar-refractivity contribution in [2.45, 2.75) is 31.8 Å². The molecule has 0 aliphatic heterocycles. The summed E-state index contributed by atoms with van der Waals surface area (Å²) in [6, 6.07) is 16.9. The summed E-state index contributed by atoms with van der Waals surface area (Å²) in [6.07, 6.45) is -0.0290. The number of hydrogen-bond acceptors (Lipinski definition) is 3. The second-order valence-electron chi connectivity index (χ2n) is 7.33. The number of benzene rings is 3. The first-order valence-corrected chi connectivity index (χ1v) is 9.85. The van der Waals surface area contributed by atoms with Gasteiger partial charge in [-0.15, -0.1) is 0 Å². The van der Waals surface area contributed by atoms with Crippen LogP contribution in [0.1, 0.15) is 18.1 Å². The fourth-order valence-electron chi connectivity index (χ4n) is 3.41. The smallest absolute Gasteiger partial charge is 0.326 e. The van der Waals surface area contributed by atoms with Gasteiger partial charge in [0.25, 0.3) is 0 Å². The number of fused-ring (bicyclic) bond motifs is 1. The van der Waals surface area contributed by atoms with Crippen molar-refractivity contribution in [2.24, 2.45) is 0 Å². The number of carbonyl (C=O) groups is 3. The summed E-state index contributed by atoms with van der Waals surface area (Å²) >= 11 is 0. The van der Waals surface area contributed by atoms with E-state index in [1.165, 1.54) is 25.1 Å². The first-order valence-electron chi connectivity index (χ1n) is 9.85. The Bertz CT molecular complexity index is 1120. The zero-order valence-corrected chi connectivity index (χ0v) is 17.0. The lowest BCUT2D eigenvalue weighted by molar-refractivity contribution is -0.142. The summed E-state index contributed by atoms with van der Waals surface area (Å²) in [5.74, 6) is -2.87. The van der Waals surface area contributed by atoms with Gasteiger partial charge < -0.3 is 15.7 Å². The molecule has 0 aliphatic rings.